The molecule has 0 saturated heterocycles. The maximum absolute atomic E-state index is 3.55. The zero-order chi connectivity index (χ0) is 11.1. The summed E-state index contributed by atoms with van der Waals surface area (Å²) in [6.07, 6.45) is 1.25. The summed E-state index contributed by atoms with van der Waals surface area (Å²) in [4.78, 5) is 1.39. The van der Waals surface area contributed by atoms with Crippen molar-refractivity contribution in [2.75, 3.05) is 11.5 Å². The summed E-state index contributed by atoms with van der Waals surface area (Å²) < 4.78 is 1.23. The molecule has 1 N–H and O–H groups in total. The Morgan fingerprint density at radius 1 is 1.60 bits per heavy atom. The van der Waals surface area contributed by atoms with Crippen LogP contribution >= 0.6 is 39.0 Å². The first-order valence-electron chi connectivity index (χ1n) is 5.27. The van der Waals surface area contributed by atoms with Crippen LogP contribution in [0.25, 0.3) is 0 Å². The average molecular weight is 308 g/mol. The van der Waals surface area contributed by atoms with Crippen LogP contribution in [0.5, 0.6) is 0 Å². The molecule has 1 heterocycles. The van der Waals surface area contributed by atoms with Gasteiger partial charge in [0.25, 0.3) is 0 Å². The molecule has 1 aromatic rings. The molecule has 0 saturated carbocycles. The van der Waals surface area contributed by atoms with Crippen molar-refractivity contribution in [2.45, 2.75) is 32.9 Å². The molecule has 4 heteroatoms. The molecule has 0 radical (unpaired) electrons. The summed E-state index contributed by atoms with van der Waals surface area (Å²) >= 11 is 7.37. The number of thioether (sulfide) groups is 1. The van der Waals surface area contributed by atoms with Crippen molar-refractivity contribution in [2.24, 2.45) is 0 Å². The Hall–Kier alpha value is 0.490. The van der Waals surface area contributed by atoms with Crippen molar-refractivity contribution in [3.05, 3.63) is 20.8 Å². The summed E-state index contributed by atoms with van der Waals surface area (Å²) in [5.74, 6) is 2.49. The number of hydrogen-bond donors (Lipinski definition) is 1. The molecule has 15 heavy (non-hydrogen) atoms. The van der Waals surface area contributed by atoms with Gasteiger partial charge in [-0.05, 0) is 52.2 Å². The lowest BCUT2D eigenvalue weighted by atomic mass is 10.2. The van der Waals surface area contributed by atoms with Crippen LogP contribution in [0.1, 0.15) is 25.1 Å². The minimum atomic E-state index is 0.609. The SMILES string of the molecule is CCSCCC(C)NCc1sccc1Br. The first-order chi connectivity index (χ1) is 7.24. The number of halogens is 1. The van der Waals surface area contributed by atoms with Crippen LogP contribution in [-0.2, 0) is 6.54 Å². The number of thiophene rings is 1. The summed E-state index contributed by atoms with van der Waals surface area (Å²) in [6, 6.07) is 2.72. The largest absolute Gasteiger partial charge is 0.309 e. The molecule has 0 aliphatic rings. The standard InChI is InChI=1S/C11H18BrNS2/c1-3-14-6-4-9(2)13-8-11-10(12)5-7-15-11/h5,7,9,13H,3-4,6,8H2,1-2H3. The molecule has 0 aliphatic heterocycles. The Bertz CT molecular complexity index is 275. The molecule has 0 fully saturated rings. The van der Waals surface area contributed by atoms with Crippen LogP contribution in [0.15, 0.2) is 15.9 Å². The van der Waals surface area contributed by atoms with Gasteiger partial charge < -0.3 is 5.32 Å². The van der Waals surface area contributed by atoms with Crippen LogP contribution < -0.4 is 5.32 Å². The lowest BCUT2D eigenvalue weighted by Gasteiger charge is -2.12. The van der Waals surface area contributed by atoms with Crippen molar-refractivity contribution in [3.63, 3.8) is 0 Å². The number of hydrogen-bond acceptors (Lipinski definition) is 3. The zero-order valence-electron chi connectivity index (χ0n) is 9.25. The highest BCUT2D eigenvalue weighted by molar-refractivity contribution is 9.10. The normalized spacial score (nSPS) is 13.0. The van der Waals surface area contributed by atoms with Crippen LogP contribution in [0.4, 0.5) is 0 Å². The van der Waals surface area contributed by atoms with E-state index in [4.69, 9.17) is 0 Å². The fraction of sp³-hybridized carbons (Fsp3) is 0.636. The fourth-order valence-corrected chi connectivity index (χ4v) is 3.48. The molecule has 1 aromatic heterocycles. The first kappa shape index (κ1) is 13.6. The van der Waals surface area contributed by atoms with Gasteiger partial charge in [0.05, 0.1) is 0 Å². The molecule has 0 bridgehead atoms. The second-order valence-corrected chi connectivity index (χ2v) is 6.71. The van der Waals surface area contributed by atoms with Gasteiger partial charge in [0.2, 0.25) is 0 Å². The molecular weight excluding hydrogens is 290 g/mol. The number of nitrogens with one attached hydrogen (secondary N) is 1. The van der Waals surface area contributed by atoms with Crippen LogP contribution in [0.2, 0.25) is 0 Å². The minimum absolute atomic E-state index is 0.609. The van der Waals surface area contributed by atoms with Gasteiger partial charge in [0.1, 0.15) is 0 Å². The van der Waals surface area contributed by atoms with Gasteiger partial charge in [-0.25, -0.2) is 0 Å². The molecule has 0 amide bonds. The van der Waals surface area contributed by atoms with E-state index in [9.17, 15) is 0 Å². The molecular formula is C11H18BrNS2. The zero-order valence-corrected chi connectivity index (χ0v) is 12.5. The smallest absolute Gasteiger partial charge is 0.0327 e. The Labute approximate surface area is 109 Å². The number of rotatable bonds is 7. The predicted octanol–water partition coefficient (Wildman–Crippen LogP) is 4.13. The Morgan fingerprint density at radius 3 is 3.00 bits per heavy atom. The van der Waals surface area contributed by atoms with Gasteiger partial charge in [-0.15, -0.1) is 11.3 Å². The molecule has 1 unspecified atom stereocenters. The van der Waals surface area contributed by atoms with Crippen molar-refractivity contribution in [1.82, 2.24) is 5.32 Å². The molecule has 0 aromatic carbocycles. The molecule has 0 spiro atoms. The van der Waals surface area contributed by atoms with Crippen molar-refractivity contribution >= 4 is 39.0 Å². The fourth-order valence-electron chi connectivity index (χ4n) is 1.22. The van der Waals surface area contributed by atoms with E-state index in [0.29, 0.717) is 6.04 Å². The van der Waals surface area contributed by atoms with Gasteiger partial charge in [0, 0.05) is 21.9 Å². The lowest BCUT2D eigenvalue weighted by molar-refractivity contribution is 0.540. The molecule has 1 nitrogen and oxygen atoms in total. The molecule has 86 valence electrons. The second-order valence-electron chi connectivity index (χ2n) is 3.46. The second kappa shape index (κ2) is 7.71. The van der Waals surface area contributed by atoms with Crippen molar-refractivity contribution in [1.29, 1.82) is 0 Å². The topological polar surface area (TPSA) is 12.0 Å². The predicted molar refractivity (Wildman–Crippen MR) is 75.9 cm³/mol. The third-order valence-corrected chi connectivity index (χ3v) is 5.06. The van der Waals surface area contributed by atoms with Crippen LogP contribution in [-0.4, -0.2) is 17.5 Å². The van der Waals surface area contributed by atoms with Gasteiger partial charge in [-0.2, -0.15) is 11.8 Å². The monoisotopic (exact) mass is 307 g/mol. The average Bonchev–Trinajstić information content (AvgIpc) is 2.61. The Balaban J connectivity index is 2.16. The van der Waals surface area contributed by atoms with Gasteiger partial charge in [-0.1, -0.05) is 6.92 Å². The molecule has 1 rings (SSSR count). The quantitative estimate of drug-likeness (QED) is 0.760. The lowest BCUT2D eigenvalue weighted by Crippen LogP contribution is -2.25. The Morgan fingerprint density at radius 2 is 2.40 bits per heavy atom. The molecule has 0 aliphatic carbocycles. The maximum Gasteiger partial charge on any atom is 0.0327 e. The van der Waals surface area contributed by atoms with E-state index < -0.39 is 0 Å². The molecule has 1 atom stereocenters. The van der Waals surface area contributed by atoms with Gasteiger partial charge >= 0.3 is 0 Å². The Kier molecular flexibility index (Phi) is 6.97. The summed E-state index contributed by atoms with van der Waals surface area (Å²) in [6.45, 7) is 5.46. The first-order valence-corrected chi connectivity index (χ1v) is 8.09. The minimum Gasteiger partial charge on any atom is -0.309 e. The van der Waals surface area contributed by atoms with E-state index in [1.807, 2.05) is 11.8 Å². The van der Waals surface area contributed by atoms with Gasteiger partial charge in [-0.3, -0.25) is 0 Å². The van der Waals surface area contributed by atoms with E-state index >= 15 is 0 Å². The van der Waals surface area contributed by atoms with E-state index in [-0.39, 0.29) is 0 Å². The van der Waals surface area contributed by atoms with Crippen molar-refractivity contribution in [3.8, 4) is 0 Å². The van der Waals surface area contributed by atoms with Crippen LogP contribution in [0.3, 0.4) is 0 Å². The summed E-state index contributed by atoms with van der Waals surface area (Å²) in [7, 11) is 0. The van der Waals surface area contributed by atoms with Crippen molar-refractivity contribution < 1.29 is 0 Å². The van der Waals surface area contributed by atoms with E-state index in [1.165, 1.54) is 27.3 Å². The van der Waals surface area contributed by atoms with Gasteiger partial charge in [0.15, 0.2) is 0 Å². The third-order valence-electron chi connectivity index (χ3n) is 2.20. The maximum atomic E-state index is 3.55. The van der Waals surface area contributed by atoms with E-state index in [1.54, 1.807) is 11.3 Å². The van der Waals surface area contributed by atoms with E-state index in [0.717, 1.165) is 6.54 Å². The third kappa shape index (κ3) is 5.38. The van der Waals surface area contributed by atoms with Crippen LogP contribution in [0, 0.1) is 0 Å². The summed E-state index contributed by atoms with van der Waals surface area (Å²) in [5, 5.41) is 5.68. The highest BCUT2D eigenvalue weighted by atomic mass is 79.9. The summed E-state index contributed by atoms with van der Waals surface area (Å²) in [5.41, 5.74) is 0. The highest BCUT2D eigenvalue weighted by Gasteiger charge is 2.04. The highest BCUT2D eigenvalue weighted by Crippen LogP contribution is 2.22. The van der Waals surface area contributed by atoms with E-state index in [2.05, 4.69) is 46.5 Å².